The van der Waals surface area contributed by atoms with E-state index in [1.165, 1.54) is 0 Å². The molecular formula is C10H21NO4S. The van der Waals surface area contributed by atoms with Crippen LogP contribution < -0.4 is 4.72 Å². The summed E-state index contributed by atoms with van der Waals surface area (Å²) in [6.45, 7) is 2.64. The summed E-state index contributed by atoms with van der Waals surface area (Å²) in [7, 11) is -3.27. The van der Waals surface area contributed by atoms with Gasteiger partial charge in [0.1, 0.15) is 0 Å². The summed E-state index contributed by atoms with van der Waals surface area (Å²) in [5.74, 6) is 0.0667. The van der Waals surface area contributed by atoms with Crippen molar-refractivity contribution in [3.05, 3.63) is 0 Å². The number of hydrogen-bond donors (Lipinski definition) is 2. The van der Waals surface area contributed by atoms with Crippen molar-refractivity contribution in [2.45, 2.75) is 32.2 Å². The molecule has 0 bridgehead atoms. The summed E-state index contributed by atoms with van der Waals surface area (Å²) in [5.41, 5.74) is 0. The Morgan fingerprint density at radius 1 is 1.44 bits per heavy atom. The summed E-state index contributed by atoms with van der Waals surface area (Å²) < 4.78 is 31.0. The summed E-state index contributed by atoms with van der Waals surface area (Å²) in [6.07, 6.45) is 2.69. The first-order chi connectivity index (χ1) is 7.59. The van der Waals surface area contributed by atoms with Gasteiger partial charge < -0.3 is 9.84 Å². The Labute approximate surface area is 97.2 Å². The Kier molecular flexibility index (Phi) is 5.68. The SMILES string of the molecule is CCOCCS(=O)(=O)NC1CCCC1CO. The van der Waals surface area contributed by atoms with Crippen molar-refractivity contribution in [3.8, 4) is 0 Å². The summed E-state index contributed by atoms with van der Waals surface area (Å²) in [5, 5.41) is 9.09. The van der Waals surface area contributed by atoms with E-state index in [1.54, 1.807) is 0 Å². The van der Waals surface area contributed by atoms with E-state index in [0.29, 0.717) is 6.61 Å². The van der Waals surface area contributed by atoms with Crippen LogP contribution in [0.4, 0.5) is 0 Å². The Bertz CT molecular complexity index is 291. The zero-order chi connectivity index (χ0) is 12.0. The molecule has 5 nitrogen and oxygen atoms in total. The maximum Gasteiger partial charge on any atom is 0.214 e. The number of rotatable bonds is 7. The van der Waals surface area contributed by atoms with Crippen molar-refractivity contribution in [1.82, 2.24) is 4.72 Å². The van der Waals surface area contributed by atoms with Gasteiger partial charge >= 0.3 is 0 Å². The molecule has 1 aliphatic carbocycles. The number of aliphatic hydroxyl groups excluding tert-OH is 1. The van der Waals surface area contributed by atoms with E-state index in [9.17, 15) is 8.42 Å². The molecule has 6 heteroatoms. The first kappa shape index (κ1) is 13.9. The minimum Gasteiger partial charge on any atom is -0.396 e. The van der Waals surface area contributed by atoms with Crippen LogP contribution in [-0.2, 0) is 14.8 Å². The highest BCUT2D eigenvalue weighted by Gasteiger charge is 2.29. The second-order valence-electron chi connectivity index (χ2n) is 4.11. The molecule has 0 amide bonds. The van der Waals surface area contributed by atoms with E-state index in [1.807, 2.05) is 6.92 Å². The zero-order valence-electron chi connectivity index (χ0n) is 9.68. The van der Waals surface area contributed by atoms with Gasteiger partial charge in [0, 0.05) is 19.3 Å². The summed E-state index contributed by atoms with van der Waals surface area (Å²) >= 11 is 0. The summed E-state index contributed by atoms with van der Waals surface area (Å²) in [6, 6.07) is -0.100. The molecule has 2 atom stereocenters. The lowest BCUT2D eigenvalue weighted by Gasteiger charge is -2.18. The molecule has 0 aliphatic heterocycles. The van der Waals surface area contributed by atoms with Crippen molar-refractivity contribution in [3.63, 3.8) is 0 Å². The minimum absolute atomic E-state index is 0.00448. The van der Waals surface area contributed by atoms with Gasteiger partial charge in [0.2, 0.25) is 10.0 Å². The van der Waals surface area contributed by atoms with Gasteiger partial charge in [0.15, 0.2) is 0 Å². The lowest BCUT2D eigenvalue weighted by molar-refractivity contribution is 0.163. The van der Waals surface area contributed by atoms with E-state index in [-0.39, 0.29) is 30.9 Å². The van der Waals surface area contributed by atoms with Gasteiger partial charge in [-0.25, -0.2) is 13.1 Å². The Morgan fingerprint density at radius 2 is 2.19 bits per heavy atom. The van der Waals surface area contributed by atoms with Gasteiger partial charge in [-0.3, -0.25) is 0 Å². The number of sulfonamides is 1. The lowest BCUT2D eigenvalue weighted by Crippen LogP contribution is -2.40. The quantitative estimate of drug-likeness (QED) is 0.629. The highest BCUT2D eigenvalue weighted by atomic mass is 32.2. The van der Waals surface area contributed by atoms with Crippen LogP contribution in [0.5, 0.6) is 0 Å². The van der Waals surface area contributed by atoms with Crippen LogP contribution in [0.1, 0.15) is 26.2 Å². The van der Waals surface area contributed by atoms with Crippen LogP contribution in [0.25, 0.3) is 0 Å². The molecule has 0 aromatic heterocycles. The smallest absolute Gasteiger partial charge is 0.214 e. The monoisotopic (exact) mass is 251 g/mol. The molecule has 0 radical (unpaired) electrons. The molecule has 96 valence electrons. The first-order valence-corrected chi connectivity index (χ1v) is 7.43. The molecule has 16 heavy (non-hydrogen) atoms. The second-order valence-corrected chi connectivity index (χ2v) is 5.99. The zero-order valence-corrected chi connectivity index (χ0v) is 10.5. The van der Waals surface area contributed by atoms with Crippen LogP contribution in [-0.4, -0.2) is 45.1 Å². The van der Waals surface area contributed by atoms with Gasteiger partial charge in [0.05, 0.1) is 12.4 Å². The van der Waals surface area contributed by atoms with Crippen LogP contribution in [0.15, 0.2) is 0 Å². The van der Waals surface area contributed by atoms with Crippen molar-refractivity contribution >= 4 is 10.0 Å². The number of hydrogen-bond acceptors (Lipinski definition) is 4. The second kappa shape index (κ2) is 6.54. The van der Waals surface area contributed by atoms with Gasteiger partial charge in [-0.1, -0.05) is 6.42 Å². The van der Waals surface area contributed by atoms with Gasteiger partial charge in [-0.2, -0.15) is 0 Å². The van der Waals surface area contributed by atoms with E-state index >= 15 is 0 Å². The van der Waals surface area contributed by atoms with Crippen LogP contribution in [0, 0.1) is 5.92 Å². The van der Waals surface area contributed by atoms with Crippen molar-refractivity contribution < 1.29 is 18.3 Å². The fourth-order valence-corrected chi connectivity index (χ4v) is 3.24. The highest BCUT2D eigenvalue weighted by molar-refractivity contribution is 7.89. The Morgan fingerprint density at radius 3 is 2.81 bits per heavy atom. The van der Waals surface area contributed by atoms with Crippen molar-refractivity contribution in [2.75, 3.05) is 25.6 Å². The lowest BCUT2D eigenvalue weighted by atomic mass is 10.1. The predicted octanol–water partition coefficient (Wildman–Crippen LogP) is 0.103. The molecule has 1 saturated carbocycles. The molecule has 1 aliphatic rings. The van der Waals surface area contributed by atoms with E-state index < -0.39 is 10.0 Å². The molecule has 0 heterocycles. The van der Waals surface area contributed by atoms with Crippen molar-refractivity contribution in [1.29, 1.82) is 0 Å². The largest absolute Gasteiger partial charge is 0.396 e. The Balaban J connectivity index is 2.39. The van der Waals surface area contributed by atoms with Crippen molar-refractivity contribution in [2.24, 2.45) is 5.92 Å². The number of ether oxygens (including phenoxy) is 1. The van der Waals surface area contributed by atoms with Crippen LogP contribution in [0.3, 0.4) is 0 Å². The minimum atomic E-state index is -3.27. The third-order valence-electron chi connectivity index (χ3n) is 2.93. The molecule has 0 saturated heterocycles. The van der Waals surface area contributed by atoms with E-state index in [2.05, 4.69) is 4.72 Å². The van der Waals surface area contributed by atoms with Gasteiger partial charge in [-0.05, 0) is 25.7 Å². The molecule has 1 fully saturated rings. The number of nitrogens with one attached hydrogen (secondary N) is 1. The highest BCUT2D eigenvalue weighted by Crippen LogP contribution is 2.25. The Hall–Kier alpha value is -0.170. The maximum absolute atomic E-state index is 11.7. The predicted molar refractivity (Wildman–Crippen MR) is 61.6 cm³/mol. The van der Waals surface area contributed by atoms with E-state index in [4.69, 9.17) is 9.84 Å². The molecule has 2 unspecified atom stereocenters. The average molecular weight is 251 g/mol. The third kappa shape index (κ3) is 4.37. The third-order valence-corrected chi connectivity index (χ3v) is 4.29. The number of aliphatic hydroxyl groups is 1. The van der Waals surface area contributed by atoms with Gasteiger partial charge in [-0.15, -0.1) is 0 Å². The fourth-order valence-electron chi connectivity index (χ4n) is 2.01. The van der Waals surface area contributed by atoms with Crippen LogP contribution in [0.2, 0.25) is 0 Å². The maximum atomic E-state index is 11.7. The molecule has 2 N–H and O–H groups in total. The molecule has 0 aromatic carbocycles. The van der Waals surface area contributed by atoms with Gasteiger partial charge in [0.25, 0.3) is 0 Å². The van der Waals surface area contributed by atoms with Crippen LogP contribution >= 0.6 is 0 Å². The molecule has 1 rings (SSSR count). The standard InChI is InChI=1S/C10H21NO4S/c1-2-15-6-7-16(13,14)11-10-5-3-4-9(10)8-12/h9-12H,2-8H2,1H3. The molecule has 0 spiro atoms. The molecule has 0 aromatic rings. The molecular weight excluding hydrogens is 230 g/mol. The average Bonchev–Trinajstić information content (AvgIpc) is 2.64. The fraction of sp³-hybridized carbons (Fsp3) is 1.00. The topological polar surface area (TPSA) is 75.6 Å². The first-order valence-electron chi connectivity index (χ1n) is 5.77. The van der Waals surface area contributed by atoms with E-state index in [0.717, 1.165) is 19.3 Å². The summed E-state index contributed by atoms with van der Waals surface area (Å²) in [4.78, 5) is 0. The normalized spacial score (nSPS) is 26.1.